The summed E-state index contributed by atoms with van der Waals surface area (Å²) in [6.45, 7) is 4.38. The van der Waals surface area contributed by atoms with Gasteiger partial charge in [0.05, 0.1) is 11.4 Å². The molecule has 1 aliphatic heterocycles. The second-order valence-electron chi connectivity index (χ2n) is 7.64. The number of nitrogen functional groups attached to an aromatic ring is 1. The van der Waals surface area contributed by atoms with E-state index in [0.29, 0.717) is 16.9 Å². The average Bonchev–Trinajstić information content (AvgIpc) is 3.31. The van der Waals surface area contributed by atoms with Crippen LogP contribution >= 0.6 is 11.3 Å². The van der Waals surface area contributed by atoms with E-state index in [1.165, 1.54) is 32.4 Å². The summed E-state index contributed by atoms with van der Waals surface area (Å²) in [4.78, 5) is 16.4. The summed E-state index contributed by atoms with van der Waals surface area (Å²) in [6.07, 6.45) is 3.98. The van der Waals surface area contributed by atoms with Crippen molar-refractivity contribution < 1.29 is 4.79 Å². The van der Waals surface area contributed by atoms with Crippen molar-refractivity contribution in [3.05, 3.63) is 65.5 Å². The van der Waals surface area contributed by atoms with Gasteiger partial charge in [-0.3, -0.25) is 4.79 Å². The molecule has 30 heavy (non-hydrogen) atoms. The van der Waals surface area contributed by atoms with E-state index in [1.54, 1.807) is 11.3 Å². The van der Waals surface area contributed by atoms with Crippen LogP contribution < -0.4 is 16.4 Å². The number of piperidine rings is 1. The minimum atomic E-state index is -0.162. The Morgan fingerprint density at radius 3 is 2.57 bits per heavy atom. The normalized spacial score (nSPS) is 14.4. The molecule has 4 N–H and O–H groups in total. The van der Waals surface area contributed by atoms with Crippen LogP contribution in [0.25, 0.3) is 10.4 Å². The Bertz CT molecular complexity index is 963. The molecule has 2 aromatic carbocycles. The summed E-state index contributed by atoms with van der Waals surface area (Å²) in [5.41, 5.74) is 9.96. The van der Waals surface area contributed by atoms with Crippen molar-refractivity contribution in [2.45, 2.75) is 19.3 Å². The topological polar surface area (TPSA) is 70.4 Å². The predicted molar refractivity (Wildman–Crippen MR) is 127 cm³/mol. The minimum Gasteiger partial charge on any atom is -0.397 e. The first-order valence-electron chi connectivity index (χ1n) is 10.5. The molecular formula is C24H28N4OS. The summed E-state index contributed by atoms with van der Waals surface area (Å²) < 4.78 is 0. The molecule has 0 unspecified atom stereocenters. The van der Waals surface area contributed by atoms with E-state index in [9.17, 15) is 4.79 Å². The number of rotatable bonds is 7. The maximum Gasteiger partial charge on any atom is 0.255 e. The fraction of sp³-hybridized carbons (Fsp3) is 0.292. The van der Waals surface area contributed by atoms with Crippen molar-refractivity contribution in [1.29, 1.82) is 0 Å². The molecule has 1 aromatic heterocycles. The van der Waals surface area contributed by atoms with Crippen LogP contribution in [0.4, 0.5) is 17.1 Å². The molecule has 6 heteroatoms. The third kappa shape index (κ3) is 5.20. The van der Waals surface area contributed by atoms with Crippen molar-refractivity contribution in [3.8, 4) is 10.4 Å². The van der Waals surface area contributed by atoms with Gasteiger partial charge in [0.25, 0.3) is 5.91 Å². The Labute approximate surface area is 181 Å². The van der Waals surface area contributed by atoms with Crippen molar-refractivity contribution >= 4 is 34.3 Å². The number of carbonyl (C=O) groups is 1. The van der Waals surface area contributed by atoms with Crippen molar-refractivity contribution in [3.63, 3.8) is 0 Å². The summed E-state index contributed by atoms with van der Waals surface area (Å²) in [6, 6.07) is 17.4. The zero-order valence-electron chi connectivity index (χ0n) is 17.1. The lowest BCUT2D eigenvalue weighted by Gasteiger charge is -2.26. The molecule has 4 rings (SSSR count). The molecule has 0 atom stereocenters. The number of anilines is 3. The first-order valence-corrected chi connectivity index (χ1v) is 11.4. The standard InChI is InChI=1S/C24H28N4OS/c25-21-11-8-19(23-5-4-16-30-23)17-22(21)27-24(29)18-6-9-20(10-7-18)26-12-15-28-13-2-1-3-14-28/h4-11,16-17,26H,1-3,12-15,25H2,(H,27,29). The number of thiophene rings is 1. The first-order chi connectivity index (χ1) is 14.7. The molecule has 5 nitrogen and oxygen atoms in total. The van der Waals surface area contributed by atoms with Crippen LogP contribution in [0.5, 0.6) is 0 Å². The Morgan fingerprint density at radius 1 is 1.03 bits per heavy atom. The maximum absolute atomic E-state index is 12.7. The number of hydrogen-bond donors (Lipinski definition) is 3. The Morgan fingerprint density at radius 2 is 1.83 bits per heavy atom. The molecule has 1 fully saturated rings. The SMILES string of the molecule is Nc1ccc(-c2cccs2)cc1NC(=O)c1ccc(NCCN2CCCCC2)cc1. The van der Waals surface area contributed by atoms with E-state index in [0.717, 1.165) is 29.2 Å². The Kier molecular flexibility index (Phi) is 6.67. The third-order valence-corrected chi connectivity index (χ3v) is 6.38. The Hall–Kier alpha value is -2.83. The van der Waals surface area contributed by atoms with Crippen LogP contribution in [0.1, 0.15) is 29.6 Å². The Balaban J connectivity index is 1.34. The summed E-state index contributed by atoms with van der Waals surface area (Å²) in [5.74, 6) is -0.162. The molecule has 0 radical (unpaired) electrons. The lowest BCUT2D eigenvalue weighted by Crippen LogP contribution is -2.33. The minimum absolute atomic E-state index is 0.162. The van der Waals surface area contributed by atoms with Gasteiger partial charge in [-0.1, -0.05) is 18.6 Å². The number of amides is 1. The van der Waals surface area contributed by atoms with Crippen LogP contribution in [0.3, 0.4) is 0 Å². The lowest BCUT2D eigenvalue weighted by molar-refractivity contribution is 0.102. The van der Waals surface area contributed by atoms with E-state index in [1.807, 2.05) is 53.9 Å². The molecule has 1 amide bonds. The summed E-state index contributed by atoms with van der Waals surface area (Å²) >= 11 is 1.66. The molecule has 156 valence electrons. The summed E-state index contributed by atoms with van der Waals surface area (Å²) in [5, 5.41) is 8.43. The van der Waals surface area contributed by atoms with E-state index >= 15 is 0 Å². The monoisotopic (exact) mass is 420 g/mol. The quantitative estimate of drug-likeness (QED) is 0.463. The van der Waals surface area contributed by atoms with E-state index in [2.05, 4.69) is 21.6 Å². The number of likely N-dealkylation sites (tertiary alicyclic amines) is 1. The van der Waals surface area contributed by atoms with Gasteiger partial charge >= 0.3 is 0 Å². The van der Waals surface area contributed by atoms with Crippen LogP contribution in [0, 0.1) is 0 Å². The zero-order chi connectivity index (χ0) is 20.8. The first kappa shape index (κ1) is 20.4. The number of nitrogens with two attached hydrogens (primary N) is 1. The number of nitrogens with one attached hydrogen (secondary N) is 2. The molecule has 2 heterocycles. The van der Waals surface area contributed by atoms with Gasteiger partial charge in [0, 0.05) is 29.2 Å². The number of carbonyl (C=O) groups excluding carboxylic acids is 1. The highest BCUT2D eigenvalue weighted by atomic mass is 32.1. The van der Waals surface area contributed by atoms with Crippen LogP contribution in [0.2, 0.25) is 0 Å². The number of benzene rings is 2. The van der Waals surface area contributed by atoms with Crippen LogP contribution in [-0.4, -0.2) is 37.0 Å². The zero-order valence-corrected chi connectivity index (χ0v) is 17.9. The largest absolute Gasteiger partial charge is 0.397 e. The van der Waals surface area contributed by atoms with Gasteiger partial charge < -0.3 is 21.3 Å². The van der Waals surface area contributed by atoms with Crippen LogP contribution in [0.15, 0.2) is 60.0 Å². The van der Waals surface area contributed by atoms with Crippen molar-refractivity contribution in [1.82, 2.24) is 4.90 Å². The van der Waals surface area contributed by atoms with Gasteiger partial charge in [-0.05, 0) is 79.3 Å². The van der Waals surface area contributed by atoms with E-state index in [4.69, 9.17) is 5.73 Å². The van der Waals surface area contributed by atoms with E-state index in [-0.39, 0.29) is 5.91 Å². The summed E-state index contributed by atoms with van der Waals surface area (Å²) in [7, 11) is 0. The second kappa shape index (κ2) is 9.78. The van der Waals surface area contributed by atoms with Crippen molar-refractivity contribution in [2.24, 2.45) is 0 Å². The molecule has 1 saturated heterocycles. The van der Waals surface area contributed by atoms with Gasteiger partial charge in [-0.25, -0.2) is 0 Å². The van der Waals surface area contributed by atoms with Gasteiger partial charge in [0.1, 0.15) is 0 Å². The highest BCUT2D eigenvalue weighted by Crippen LogP contribution is 2.30. The average molecular weight is 421 g/mol. The molecule has 1 aliphatic rings. The van der Waals surface area contributed by atoms with Gasteiger partial charge in [-0.15, -0.1) is 11.3 Å². The molecule has 0 saturated carbocycles. The molecule has 0 spiro atoms. The van der Waals surface area contributed by atoms with Crippen LogP contribution in [-0.2, 0) is 0 Å². The molecule has 0 aliphatic carbocycles. The molecule has 3 aromatic rings. The lowest BCUT2D eigenvalue weighted by atomic mass is 10.1. The van der Waals surface area contributed by atoms with Gasteiger partial charge in [-0.2, -0.15) is 0 Å². The highest BCUT2D eigenvalue weighted by molar-refractivity contribution is 7.13. The van der Waals surface area contributed by atoms with Crippen molar-refractivity contribution in [2.75, 3.05) is 42.5 Å². The highest BCUT2D eigenvalue weighted by Gasteiger charge is 2.11. The number of nitrogens with zero attached hydrogens (tertiary/aromatic N) is 1. The number of hydrogen-bond acceptors (Lipinski definition) is 5. The maximum atomic E-state index is 12.7. The molecular weight excluding hydrogens is 392 g/mol. The third-order valence-electron chi connectivity index (χ3n) is 5.46. The predicted octanol–water partition coefficient (Wildman–Crippen LogP) is 5.15. The van der Waals surface area contributed by atoms with Gasteiger partial charge in [0.2, 0.25) is 0 Å². The fourth-order valence-corrected chi connectivity index (χ4v) is 4.46. The molecule has 0 bridgehead atoms. The second-order valence-corrected chi connectivity index (χ2v) is 8.59. The van der Waals surface area contributed by atoms with Gasteiger partial charge in [0.15, 0.2) is 0 Å². The smallest absolute Gasteiger partial charge is 0.255 e. The fourth-order valence-electron chi connectivity index (χ4n) is 3.74. The van der Waals surface area contributed by atoms with E-state index < -0.39 is 0 Å².